The van der Waals surface area contributed by atoms with Gasteiger partial charge in [-0.2, -0.15) is 5.10 Å². The van der Waals surface area contributed by atoms with Crippen LogP contribution in [0.25, 0.3) is 0 Å². The van der Waals surface area contributed by atoms with Crippen LogP contribution in [0, 0.1) is 0 Å². The highest BCUT2D eigenvalue weighted by Crippen LogP contribution is 2.07. The van der Waals surface area contributed by atoms with E-state index in [1.54, 1.807) is 11.3 Å². The molecule has 1 aromatic heterocycles. The highest BCUT2D eigenvalue weighted by Gasteiger charge is 2.03. The van der Waals surface area contributed by atoms with Crippen LogP contribution in [-0.4, -0.2) is 16.8 Å². The first kappa shape index (κ1) is 11.9. The fraction of sp³-hybridized carbons (Fsp3) is 0.250. The van der Waals surface area contributed by atoms with E-state index in [0.29, 0.717) is 6.54 Å². The monoisotopic (exact) mass is 244 g/mol. The first-order chi connectivity index (χ1) is 7.22. The molecule has 5 N–H and O–H groups in total. The summed E-state index contributed by atoms with van der Waals surface area (Å²) in [7, 11) is 0. The number of nitrogens with one attached hydrogen (secondary N) is 1. The number of nitrogens with two attached hydrogens (primary N) is 2. The molecule has 0 aliphatic rings. The Morgan fingerprint density at radius 2 is 2.47 bits per heavy atom. The maximum absolute atomic E-state index is 11.3. The molecule has 0 aromatic carbocycles. The van der Waals surface area contributed by atoms with Gasteiger partial charge in [-0.05, 0) is 11.4 Å². The summed E-state index contributed by atoms with van der Waals surface area (Å²) in [5.41, 5.74) is 5.32. The Balaban J connectivity index is 2.19. The molecule has 5 nitrogen and oxygen atoms in total. The molecule has 1 amide bonds. The Bertz CT molecular complexity index is 336. The summed E-state index contributed by atoms with van der Waals surface area (Å²) in [6.07, 6.45) is 0. The second kappa shape index (κ2) is 6.31. The standard InChI is InChI=1S/C8H12N4OS2/c9-8(12-10)15-5-7(13)11-4-6-2-1-3-14-6/h1-3H,4-5,10H2,(H2,9,12)(H,11,13). The smallest absolute Gasteiger partial charge is 0.230 e. The summed E-state index contributed by atoms with van der Waals surface area (Å²) in [5, 5.41) is 8.19. The number of carbonyl (C=O) groups excluding carboxylic acids is 1. The Hall–Kier alpha value is -1.21. The lowest BCUT2D eigenvalue weighted by Gasteiger charge is -2.02. The topological polar surface area (TPSA) is 93.5 Å². The molecule has 1 heterocycles. The van der Waals surface area contributed by atoms with Crippen LogP contribution in [0.3, 0.4) is 0 Å². The van der Waals surface area contributed by atoms with E-state index in [9.17, 15) is 4.79 Å². The fourth-order valence-corrected chi connectivity index (χ4v) is 1.93. The van der Waals surface area contributed by atoms with E-state index in [1.807, 2.05) is 17.5 Å². The number of thiophene rings is 1. The van der Waals surface area contributed by atoms with Crippen LogP contribution in [-0.2, 0) is 11.3 Å². The van der Waals surface area contributed by atoms with E-state index in [4.69, 9.17) is 11.6 Å². The Kier molecular flexibility index (Phi) is 4.99. The van der Waals surface area contributed by atoms with Crippen LogP contribution in [0.4, 0.5) is 0 Å². The van der Waals surface area contributed by atoms with Crippen molar-refractivity contribution >= 4 is 34.2 Å². The number of nitrogens with zero attached hydrogens (tertiary/aromatic N) is 1. The van der Waals surface area contributed by atoms with E-state index in [-0.39, 0.29) is 16.8 Å². The summed E-state index contributed by atoms with van der Waals surface area (Å²) in [6.45, 7) is 0.552. The van der Waals surface area contributed by atoms with Gasteiger partial charge in [0.1, 0.15) is 0 Å². The number of amides is 1. The first-order valence-corrected chi connectivity index (χ1v) is 6.04. The van der Waals surface area contributed by atoms with Gasteiger partial charge in [-0.25, -0.2) is 0 Å². The van der Waals surface area contributed by atoms with Gasteiger partial charge in [-0.15, -0.1) is 11.3 Å². The predicted molar refractivity (Wildman–Crippen MR) is 64.4 cm³/mol. The Morgan fingerprint density at radius 1 is 1.67 bits per heavy atom. The van der Waals surface area contributed by atoms with Crippen molar-refractivity contribution in [3.63, 3.8) is 0 Å². The first-order valence-electron chi connectivity index (χ1n) is 4.17. The van der Waals surface area contributed by atoms with Crippen LogP contribution >= 0.6 is 23.1 Å². The number of carbonyl (C=O) groups is 1. The molecule has 0 aliphatic heterocycles. The third-order valence-electron chi connectivity index (χ3n) is 1.52. The van der Waals surface area contributed by atoms with E-state index in [0.717, 1.165) is 16.6 Å². The van der Waals surface area contributed by atoms with E-state index in [1.165, 1.54) is 0 Å². The van der Waals surface area contributed by atoms with Crippen molar-refractivity contribution in [1.29, 1.82) is 0 Å². The molecule has 0 fully saturated rings. The summed E-state index contributed by atoms with van der Waals surface area (Å²) in [4.78, 5) is 12.4. The molecule has 0 radical (unpaired) electrons. The average molecular weight is 244 g/mol. The van der Waals surface area contributed by atoms with E-state index >= 15 is 0 Å². The summed E-state index contributed by atoms with van der Waals surface area (Å²) >= 11 is 2.72. The third kappa shape index (κ3) is 4.71. The van der Waals surface area contributed by atoms with Gasteiger partial charge in [0.15, 0.2) is 5.17 Å². The SMILES string of the molecule is NN=C(N)SCC(=O)NCc1cccs1. The van der Waals surface area contributed by atoms with Gasteiger partial charge in [0.2, 0.25) is 5.91 Å². The van der Waals surface area contributed by atoms with Gasteiger partial charge in [0.25, 0.3) is 0 Å². The predicted octanol–water partition coefficient (Wildman–Crippen LogP) is 0.286. The number of hydrogen-bond donors (Lipinski definition) is 3. The third-order valence-corrected chi connectivity index (χ3v) is 3.20. The van der Waals surface area contributed by atoms with Crippen molar-refractivity contribution in [3.05, 3.63) is 22.4 Å². The lowest BCUT2D eigenvalue weighted by Crippen LogP contribution is -2.25. The van der Waals surface area contributed by atoms with Crippen LogP contribution < -0.4 is 16.9 Å². The van der Waals surface area contributed by atoms with Crippen LogP contribution in [0.1, 0.15) is 4.88 Å². The van der Waals surface area contributed by atoms with Gasteiger partial charge >= 0.3 is 0 Å². The van der Waals surface area contributed by atoms with Crippen molar-refractivity contribution < 1.29 is 4.79 Å². The largest absolute Gasteiger partial charge is 0.377 e. The molecule has 1 aromatic rings. The minimum atomic E-state index is -0.0833. The zero-order chi connectivity index (χ0) is 11.1. The van der Waals surface area contributed by atoms with Crippen molar-refractivity contribution in [2.45, 2.75) is 6.54 Å². The van der Waals surface area contributed by atoms with Gasteiger partial charge in [-0.1, -0.05) is 17.8 Å². The molecular weight excluding hydrogens is 232 g/mol. The van der Waals surface area contributed by atoms with Crippen molar-refractivity contribution in [3.8, 4) is 0 Å². The van der Waals surface area contributed by atoms with Gasteiger partial charge in [-0.3, -0.25) is 4.79 Å². The number of rotatable bonds is 4. The highest BCUT2D eigenvalue weighted by atomic mass is 32.2. The fourth-order valence-electron chi connectivity index (χ4n) is 0.827. The minimum Gasteiger partial charge on any atom is -0.377 e. The molecule has 0 saturated carbocycles. The quantitative estimate of drug-likeness (QED) is 0.307. The average Bonchev–Trinajstić information content (AvgIpc) is 2.75. The van der Waals surface area contributed by atoms with Crippen LogP contribution in [0.5, 0.6) is 0 Å². The molecule has 15 heavy (non-hydrogen) atoms. The summed E-state index contributed by atoms with van der Waals surface area (Å²) in [6, 6.07) is 3.91. The van der Waals surface area contributed by atoms with Crippen molar-refractivity contribution in [1.82, 2.24) is 5.32 Å². The molecule has 0 aliphatic carbocycles. The van der Waals surface area contributed by atoms with Gasteiger partial charge in [0, 0.05) is 4.88 Å². The molecule has 0 unspecified atom stereocenters. The van der Waals surface area contributed by atoms with Crippen LogP contribution in [0.2, 0.25) is 0 Å². The normalized spacial score (nSPS) is 11.3. The lowest BCUT2D eigenvalue weighted by molar-refractivity contribution is -0.118. The second-order valence-corrected chi connectivity index (χ2v) is 4.64. The van der Waals surface area contributed by atoms with E-state index in [2.05, 4.69) is 10.4 Å². The lowest BCUT2D eigenvalue weighted by atomic mass is 10.4. The Morgan fingerprint density at radius 3 is 3.07 bits per heavy atom. The number of hydrazone groups is 1. The number of thioether (sulfide) groups is 1. The molecule has 0 spiro atoms. The van der Waals surface area contributed by atoms with Crippen molar-refractivity contribution in [2.24, 2.45) is 16.7 Å². The maximum atomic E-state index is 11.3. The number of hydrogen-bond acceptors (Lipinski definition) is 5. The molecule has 0 atom stereocenters. The molecule has 7 heteroatoms. The molecule has 82 valence electrons. The van der Waals surface area contributed by atoms with Crippen molar-refractivity contribution in [2.75, 3.05) is 5.75 Å². The van der Waals surface area contributed by atoms with Gasteiger partial charge < -0.3 is 16.9 Å². The minimum absolute atomic E-state index is 0.0833. The second-order valence-electron chi connectivity index (χ2n) is 2.61. The van der Waals surface area contributed by atoms with Gasteiger partial charge in [0.05, 0.1) is 12.3 Å². The molecular formula is C8H12N4OS2. The summed E-state index contributed by atoms with van der Waals surface area (Å²) in [5.74, 6) is 5.07. The van der Waals surface area contributed by atoms with Crippen LogP contribution in [0.15, 0.2) is 22.6 Å². The molecule has 1 rings (SSSR count). The van der Waals surface area contributed by atoms with E-state index < -0.39 is 0 Å². The zero-order valence-electron chi connectivity index (χ0n) is 7.97. The highest BCUT2D eigenvalue weighted by molar-refractivity contribution is 8.14. The molecule has 0 bridgehead atoms. The Labute approximate surface area is 95.9 Å². The molecule has 0 saturated heterocycles. The summed E-state index contributed by atoms with van der Waals surface area (Å²) < 4.78 is 0. The zero-order valence-corrected chi connectivity index (χ0v) is 9.61. The number of amidine groups is 1. The maximum Gasteiger partial charge on any atom is 0.230 e.